The maximum atomic E-state index is 12.7. The lowest BCUT2D eigenvalue weighted by Gasteiger charge is -2.06. The van der Waals surface area contributed by atoms with Crippen molar-refractivity contribution in [3.63, 3.8) is 0 Å². The van der Waals surface area contributed by atoms with Gasteiger partial charge < -0.3 is 0 Å². The standard InChI is InChI=1S/C25H34OS2/c1-3-5-7-9-19-27-23-15-11-21(12-16-23)25(26)22-13-17-24(18-14-22)28-20-10-8-6-4-2/h11-18H,3-10,19-20H2,1-2H3. The molecule has 0 amide bonds. The monoisotopic (exact) mass is 414 g/mol. The minimum absolute atomic E-state index is 0.110. The highest BCUT2D eigenvalue weighted by atomic mass is 32.2. The molecule has 2 rings (SSSR count). The van der Waals surface area contributed by atoms with E-state index in [1.807, 2.05) is 47.8 Å². The van der Waals surface area contributed by atoms with Crippen molar-refractivity contribution in [3.8, 4) is 0 Å². The molecule has 152 valence electrons. The Balaban J connectivity index is 1.80. The Morgan fingerprint density at radius 3 is 1.36 bits per heavy atom. The average Bonchev–Trinajstić information content (AvgIpc) is 2.74. The summed E-state index contributed by atoms with van der Waals surface area (Å²) < 4.78 is 0. The van der Waals surface area contributed by atoms with Crippen LogP contribution in [0.4, 0.5) is 0 Å². The van der Waals surface area contributed by atoms with Crippen LogP contribution in [-0.4, -0.2) is 17.3 Å². The van der Waals surface area contributed by atoms with E-state index in [0.717, 1.165) is 22.6 Å². The second kappa shape index (κ2) is 13.9. The largest absolute Gasteiger partial charge is 0.289 e. The fraction of sp³-hybridized carbons (Fsp3) is 0.480. The predicted molar refractivity (Wildman–Crippen MR) is 126 cm³/mol. The van der Waals surface area contributed by atoms with Crippen molar-refractivity contribution in [2.24, 2.45) is 0 Å². The number of hydrogen-bond acceptors (Lipinski definition) is 3. The summed E-state index contributed by atoms with van der Waals surface area (Å²) in [6.45, 7) is 4.48. The van der Waals surface area contributed by atoms with Crippen molar-refractivity contribution in [3.05, 3.63) is 59.7 Å². The summed E-state index contributed by atoms with van der Waals surface area (Å²) in [6.07, 6.45) is 10.4. The zero-order valence-corrected chi connectivity index (χ0v) is 19.0. The van der Waals surface area contributed by atoms with Gasteiger partial charge in [0.05, 0.1) is 0 Å². The van der Waals surface area contributed by atoms with E-state index in [2.05, 4.69) is 38.1 Å². The van der Waals surface area contributed by atoms with E-state index in [-0.39, 0.29) is 5.78 Å². The van der Waals surface area contributed by atoms with E-state index in [4.69, 9.17) is 0 Å². The Bertz CT molecular complexity index is 617. The normalized spacial score (nSPS) is 10.9. The Kier molecular flexibility index (Phi) is 11.5. The lowest BCUT2D eigenvalue weighted by Crippen LogP contribution is -2.00. The third kappa shape index (κ3) is 8.45. The third-order valence-corrected chi connectivity index (χ3v) is 6.96. The summed E-state index contributed by atoms with van der Waals surface area (Å²) in [6, 6.07) is 16.2. The predicted octanol–water partition coefficient (Wildman–Crippen LogP) is 8.26. The van der Waals surface area contributed by atoms with Crippen molar-refractivity contribution in [2.75, 3.05) is 11.5 Å². The number of carbonyl (C=O) groups excluding carboxylic acids is 1. The molecule has 1 nitrogen and oxygen atoms in total. The van der Waals surface area contributed by atoms with Crippen LogP contribution in [0.25, 0.3) is 0 Å². The second-order valence-corrected chi connectivity index (χ2v) is 9.53. The van der Waals surface area contributed by atoms with Crippen molar-refractivity contribution in [2.45, 2.75) is 75.0 Å². The lowest BCUT2D eigenvalue weighted by molar-refractivity contribution is 0.103. The molecule has 0 aliphatic rings. The number of thioether (sulfide) groups is 2. The lowest BCUT2D eigenvalue weighted by atomic mass is 10.0. The number of benzene rings is 2. The van der Waals surface area contributed by atoms with E-state index < -0.39 is 0 Å². The van der Waals surface area contributed by atoms with Gasteiger partial charge in [-0.1, -0.05) is 52.4 Å². The summed E-state index contributed by atoms with van der Waals surface area (Å²) in [5.41, 5.74) is 1.55. The van der Waals surface area contributed by atoms with Gasteiger partial charge in [-0.05, 0) is 72.9 Å². The first-order chi connectivity index (χ1) is 13.7. The number of carbonyl (C=O) groups is 1. The SMILES string of the molecule is CCCCCCSc1ccc(C(=O)c2ccc(SCCCCCC)cc2)cc1. The number of hydrogen-bond donors (Lipinski definition) is 0. The van der Waals surface area contributed by atoms with Crippen LogP contribution in [-0.2, 0) is 0 Å². The molecule has 0 spiro atoms. The highest BCUT2D eigenvalue weighted by Gasteiger charge is 2.09. The maximum Gasteiger partial charge on any atom is 0.193 e. The summed E-state index contributed by atoms with van der Waals surface area (Å²) >= 11 is 3.77. The minimum atomic E-state index is 0.110. The van der Waals surface area contributed by atoms with Gasteiger partial charge in [0.2, 0.25) is 0 Å². The van der Waals surface area contributed by atoms with Crippen LogP contribution in [0, 0.1) is 0 Å². The molecule has 3 heteroatoms. The fourth-order valence-electron chi connectivity index (χ4n) is 3.01. The van der Waals surface area contributed by atoms with Crippen molar-refractivity contribution in [1.29, 1.82) is 0 Å². The van der Waals surface area contributed by atoms with Crippen LogP contribution in [0.3, 0.4) is 0 Å². The molecule has 0 bridgehead atoms. The van der Waals surface area contributed by atoms with Crippen LogP contribution in [0.5, 0.6) is 0 Å². The molecule has 0 unspecified atom stereocenters. The molecular weight excluding hydrogens is 380 g/mol. The topological polar surface area (TPSA) is 17.1 Å². The molecule has 0 saturated carbocycles. The van der Waals surface area contributed by atoms with Gasteiger partial charge in [-0.3, -0.25) is 4.79 Å². The first kappa shape index (κ1) is 23.1. The van der Waals surface area contributed by atoms with Gasteiger partial charge in [0, 0.05) is 20.9 Å². The van der Waals surface area contributed by atoms with Gasteiger partial charge >= 0.3 is 0 Å². The third-order valence-electron chi connectivity index (χ3n) is 4.77. The molecule has 2 aromatic carbocycles. The van der Waals surface area contributed by atoms with Gasteiger partial charge in [0.1, 0.15) is 0 Å². The van der Waals surface area contributed by atoms with Crippen LogP contribution >= 0.6 is 23.5 Å². The van der Waals surface area contributed by atoms with Crippen molar-refractivity contribution < 1.29 is 4.79 Å². The zero-order chi connectivity index (χ0) is 20.0. The van der Waals surface area contributed by atoms with Crippen molar-refractivity contribution in [1.82, 2.24) is 0 Å². The number of ketones is 1. The van der Waals surface area contributed by atoms with Gasteiger partial charge in [0.25, 0.3) is 0 Å². The molecule has 0 aliphatic carbocycles. The molecule has 0 heterocycles. The Morgan fingerprint density at radius 2 is 1.00 bits per heavy atom. The Labute approximate surface area is 180 Å². The van der Waals surface area contributed by atoms with E-state index in [1.165, 1.54) is 61.2 Å². The molecule has 0 aromatic heterocycles. The second-order valence-electron chi connectivity index (χ2n) is 7.20. The van der Waals surface area contributed by atoms with E-state index in [0.29, 0.717) is 0 Å². The fourth-order valence-corrected chi connectivity index (χ4v) is 4.83. The smallest absolute Gasteiger partial charge is 0.193 e. The maximum absolute atomic E-state index is 12.7. The first-order valence-electron chi connectivity index (χ1n) is 10.7. The molecule has 28 heavy (non-hydrogen) atoms. The van der Waals surface area contributed by atoms with Gasteiger partial charge in [-0.2, -0.15) is 0 Å². The summed E-state index contributed by atoms with van der Waals surface area (Å²) in [5, 5.41) is 0. The van der Waals surface area contributed by atoms with E-state index in [1.54, 1.807) is 0 Å². The van der Waals surface area contributed by atoms with Gasteiger partial charge in [-0.15, -0.1) is 23.5 Å². The average molecular weight is 415 g/mol. The molecule has 0 aliphatic heterocycles. The molecule has 0 saturated heterocycles. The van der Waals surface area contributed by atoms with Crippen LogP contribution in [0.1, 0.15) is 81.1 Å². The molecule has 2 aromatic rings. The molecule has 0 atom stereocenters. The van der Waals surface area contributed by atoms with Crippen molar-refractivity contribution >= 4 is 29.3 Å². The zero-order valence-electron chi connectivity index (χ0n) is 17.4. The van der Waals surface area contributed by atoms with E-state index >= 15 is 0 Å². The number of rotatable bonds is 14. The van der Waals surface area contributed by atoms with E-state index in [9.17, 15) is 4.79 Å². The molecule has 0 radical (unpaired) electrons. The molecule has 0 fully saturated rings. The van der Waals surface area contributed by atoms with Gasteiger partial charge in [0.15, 0.2) is 5.78 Å². The first-order valence-corrected chi connectivity index (χ1v) is 12.7. The summed E-state index contributed by atoms with van der Waals surface area (Å²) in [7, 11) is 0. The van der Waals surface area contributed by atoms with Crippen LogP contribution in [0.2, 0.25) is 0 Å². The minimum Gasteiger partial charge on any atom is -0.289 e. The summed E-state index contributed by atoms with van der Waals surface area (Å²) in [4.78, 5) is 15.2. The van der Waals surface area contributed by atoms with Crippen LogP contribution < -0.4 is 0 Å². The quantitative estimate of drug-likeness (QED) is 0.176. The van der Waals surface area contributed by atoms with Crippen LogP contribution in [0.15, 0.2) is 58.3 Å². The summed E-state index contributed by atoms with van der Waals surface area (Å²) in [5.74, 6) is 2.43. The Hall–Kier alpha value is -1.19. The highest BCUT2D eigenvalue weighted by molar-refractivity contribution is 7.99. The highest BCUT2D eigenvalue weighted by Crippen LogP contribution is 2.23. The Morgan fingerprint density at radius 1 is 0.607 bits per heavy atom. The molecular formula is C25H34OS2. The van der Waals surface area contributed by atoms with Gasteiger partial charge in [-0.25, -0.2) is 0 Å². The molecule has 0 N–H and O–H groups in total. The number of unbranched alkanes of at least 4 members (excludes halogenated alkanes) is 6.